The molecule has 6 nitrogen and oxygen atoms in total. The quantitative estimate of drug-likeness (QED) is 0.281. The summed E-state index contributed by atoms with van der Waals surface area (Å²) in [5, 5.41) is 19.7. The summed E-state index contributed by atoms with van der Waals surface area (Å²) in [6, 6.07) is 16.1. The number of fused-ring (bicyclic) bond motifs is 3. The molecule has 0 saturated carbocycles. The highest BCUT2D eigenvalue weighted by Gasteiger charge is 2.24. The topological polar surface area (TPSA) is 86.7 Å². The number of halogens is 1. The molecule has 34 heavy (non-hydrogen) atoms. The van der Waals surface area contributed by atoms with E-state index in [1.807, 2.05) is 6.07 Å². The Labute approximate surface area is 193 Å². The molecule has 0 unspecified atom stereocenters. The lowest BCUT2D eigenvalue weighted by molar-refractivity contribution is 0.0699. The lowest BCUT2D eigenvalue weighted by atomic mass is 9.94. The maximum absolute atomic E-state index is 13.8. The van der Waals surface area contributed by atoms with Gasteiger partial charge in [-0.05, 0) is 66.1 Å². The van der Waals surface area contributed by atoms with Crippen LogP contribution in [0.25, 0.3) is 49.5 Å². The summed E-state index contributed by atoms with van der Waals surface area (Å²) in [5.41, 5.74) is 6.45. The molecule has 3 aromatic carbocycles. The van der Waals surface area contributed by atoms with Crippen LogP contribution in [-0.4, -0.2) is 30.8 Å². The second-order valence-corrected chi connectivity index (χ2v) is 8.82. The molecule has 3 N–H and O–H groups in total. The number of H-pyrrole nitrogens is 2. The van der Waals surface area contributed by atoms with E-state index in [9.17, 15) is 14.3 Å². The standard InChI is InChI=1S/C27H21FN4O2/c1-14(2)26-25(15-9-20(27(33)34)19-7-8-29-23(19)10-15)21-12-22-16(13-30-31-22)11-24(21)32(26)18-5-3-17(28)4-6-18/h3-14,29H,1-2H3,(H,30,31)(H,33,34). The summed E-state index contributed by atoms with van der Waals surface area (Å²) < 4.78 is 15.9. The third-order valence-electron chi connectivity index (χ3n) is 6.38. The molecule has 3 aromatic heterocycles. The van der Waals surface area contributed by atoms with Gasteiger partial charge in [-0.3, -0.25) is 5.10 Å². The van der Waals surface area contributed by atoms with Gasteiger partial charge in [0, 0.05) is 44.8 Å². The largest absolute Gasteiger partial charge is 0.478 e. The van der Waals surface area contributed by atoms with Crippen LogP contribution in [0.15, 0.2) is 67.0 Å². The van der Waals surface area contributed by atoms with E-state index < -0.39 is 5.97 Å². The second-order valence-electron chi connectivity index (χ2n) is 8.82. The van der Waals surface area contributed by atoms with Gasteiger partial charge in [0.1, 0.15) is 5.82 Å². The van der Waals surface area contributed by atoms with Crippen LogP contribution < -0.4 is 0 Å². The third-order valence-corrected chi connectivity index (χ3v) is 6.38. The first kappa shape index (κ1) is 20.2. The van der Waals surface area contributed by atoms with Crippen LogP contribution in [0.2, 0.25) is 0 Å². The summed E-state index contributed by atoms with van der Waals surface area (Å²) in [7, 11) is 0. The van der Waals surface area contributed by atoms with E-state index in [2.05, 4.69) is 45.7 Å². The number of carboxylic acids is 1. The van der Waals surface area contributed by atoms with Gasteiger partial charge in [-0.25, -0.2) is 9.18 Å². The molecule has 6 aromatic rings. The fraction of sp³-hybridized carbons (Fsp3) is 0.111. The predicted octanol–water partition coefficient (Wildman–Crippen LogP) is 6.62. The van der Waals surface area contributed by atoms with Gasteiger partial charge < -0.3 is 14.7 Å². The number of aromatic nitrogens is 4. The number of hydrogen-bond donors (Lipinski definition) is 3. The monoisotopic (exact) mass is 452 g/mol. The maximum atomic E-state index is 13.8. The van der Waals surface area contributed by atoms with Crippen molar-refractivity contribution in [3.63, 3.8) is 0 Å². The summed E-state index contributed by atoms with van der Waals surface area (Å²) in [6.45, 7) is 4.22. The van der Waals surface area contributed by atoms with Crippen molar-refractivity contribution in [1.29, 1.82) is 0 Å². The lowest BCUT2D eigenvalue weighted by Gasteiger charge is -2.16. The third kappa shape index (κ3) is 2.94. The number of carboxylic acid groups (broad SMARTS) is 1. The van der Waals surface area contributed by atoms with Crippen LogP contribution in [0, 0.1) is 5.82 Å². The summed E-state index contributed by atoms with van der Waals surface area (Å²) in [6.07, 6.45) is 3.53. The molecule has 0 atom stereocenters. The van der Waals surface area contributed by atoms with Gasteiger partial charge in [-0.1, -0.05) is 13.8 Å². The molecule has 0 amide bonds. The molecule has 3 heterocycles. The molecule has 7 heteroatoms. The zero-order chi connectivity index (χ0) is 23.6. The highest BCUT2D eigenvalue weighted by molar-refractivity contribution is 6.09. The Morgan fingerprint density at radius 3 is 2.56 bits per heavy atom. The molecule has 6 rings (SSSR count). The zero-order valence-corrected chi connectivity index (χ0v) is 18.6. The minimum absolute atomic E-state index is 0.0940. The summed E-state index contributed by atoms with van der Waals surface area (Å²) in [4.78, 5) is 15.3. The lowest BCUT2D eigenvalue weighted by Crippen LogP contribution is -2.04. The number of rotatable bonds is 4. The molecule has 0 fully saturated rings. The SMILES string of the molecule is CC(C)c1c(-c2cc(C(=O)O)c3cc[nH]c3c2)c2cc3[nH]ncc3cc2n1-c1ccc(F)cc1. The smallest absolute Gasteiger partial charge is 0.336 e. The van der Waals surface area contributed by atoms with Crippen LogP contribution in [0.5, 0.6) is 0 Å². The van der Waals surface area contributed by atoms with E-state index in [1.165, 1.54) is 12.1 Å². The fourth-order valence-electron chi connectivity index (χ4n) is 4.95. The minimum atomic E-state index is -0.976. The zero-order valence-electron chi connectivity index (χ0n) is 18.6. The Bertz CT molecular complexity index is 1720. The molecule has 168 valence electrons. The molecule has 0 saturated heterocycles. The number of benzene rings is 3. The Morgan fingerprint density at radius 2 is 1.82 bits per heavy atom. The van der Waals surface area contributed by atoms with Gasteiger partial charge in [0.15, 0.2) is 0 Å². The van der Waals surface area contributed by atoms with Gasteiger partial charge in [0.05, 0.1) is 22.8 Å². The molecule has 0 aliphatic heterocycles. The van der Waals surface area contributed by atoms with Gasteiger partial charge >= 0.3 is 5.97 Å². The van der Waals surface area contributed by atoms with Gasteiger partial charge in [-0.2, -0.15) is 5.10 Å². The van der Waals surface area contributed by atoms with E-state index in [1.54, 1.807) is 36.7 Å². The van der Waals surface area contributed by atoms with Crippen LogP contribution in [0.4, 0.5) is 4.39 Å². The van der Waals surface area contributed by atoms with Crippen LogP contribution >= 0.6 is 0 Å². The molecule has 0 aliphatic carbocycles. The van der Waals surface area contributed by atoms with Crippen molar-refractivity contribution in [1.82, 2.24) is 19.7 Å². The van der Waals surface area contributed by atoms with Gasteiger partial charge in [0.25, 0.3) is 0 Å². The first-order valence-corrected chi connectivity index (χ1v) is 11.0. The molecule has 0 spiro atoms. The van der Waals surface area contributed by atoms with Crippen LogP contribution in [0.3, 0.4) is 0 Å². The van der Waals surface area contributed by atoms with Crippen molar-refractivity contribution >= 4 is 38.7 Å². The molecule has 0 aliphatic rings. The van der Waals surface area contributed by atoms with Gasteiger partial charge in [-0.15, -0.1) is 0 Å². The number of hydrogen-bond acceptors (Lipinski definition) is 2. The number of aromatic carboxylic acids is 1. The Kier molecular flexibility index (Phi) is 4.35. The van der Waals surface area contributed by atoms with Crippen molar-refractivity contribution in [2.45, 2.75) is 19.8 Å². The number of nitrogens with one attached hydrogen (secondary N) is 2. The highest BCUT2D eigenvalue weighted by atomic mass is 19.1. The van der Waals surface area contributed by atoms with Crippen molar-refractivity contribution in [2.75, 3.05) is 0 Å². The van der Waals surface area contributed by atoms with E-state index in [0.717, 1.165) is 49.8 Å². The summed E-state index contributed by atoms with van der Waals surface area (Å²) in [5.74, 6) is -1.18. The normalized spacial score (nSPS) is 11.9. The van der Waals surface area contributed by atoms with Crippen molar-refractivity contribution in [3.05, 3.63) is 84.1 Å². The Morgan fingerprint density at radius 1 is 1.03 bits per heavy atom. The molecule has 0 radical (unpaired) electrons. The van der Waals surface area contributed by atoms with E-state index in [-0.39, 0.29) is 17.3 Å². The average Bonchev–Trinajstić information content (AvgIpc) is 3.53. The van der Waals surface area contributed by atoms with Crippen molar-refractivity contribution in [3.8, 4) is 16.8 Å². The fourth-order valence-corrected chi connectivity index (χ4v) is 4.95. The summed E-state index contributed by atoms with van der Waals surface area (Å²) >= 11 is 0. The van der Waals surface area contributed by atoms with E-state index in [4.69, 9.17) is 0 Å². The molecular weight excluding hydrogens is 431 g/mol. The maximum Gasteiger partial charge on any atom is 0.336 e. The average molecular weight is 452 g/mol. The van der Waals surface area contributed by atoms with Crippen molar-refractivity contribution < 1.29 is 14.3 Å². The number of aromatic amines is 2. The highest BCUT2D eigenvalue weighted by Crippen LogP contribution is 2.43. The predicted molar refractivity (Wildman–Crippen MR) is 131 cm³/mol. The minimum Gasteiger partial charge on any atom is -0.478 e. The first-order valence-electron chi connectivity index (χ1n) is 11.0. The Hall–Kier alpha value is -4.39. The Balaban J connectivity index is 1.79. The van der Waals surface area contributed by atoms with Crippen molar-refractivity contribution in [2.24, 2.45) is 0 Å². The van der Waals surface area contributed by atoms with E-state index in [0.29, 0.717) is 5.39 Å². The van der Waals surface area contributed by atoms with Crippen LogP contribution in [-0.2, 0) is 0 Å². The van der Waals surface area contributed by atoms with E-state index >= 15 is 0 Å². The first-order chi connectivity index (χ1) is 16.4. The molecular formula is C27H21FN4O2. The second kappa shape index (κ2) is 7.31. The number of carbonyl (C=O) groups is 1. The molecule has 0 bridgehead atoms. The number of nitrogens with zero attached hydrogens (tertiary/aromatic N) is 2. The van der Waals surface area contributed by atoms with Gasteiger partial charge in [0.2, 0.25) is 0 Å². The van der Waals surface area contributed by atoms with Crippen LogP contribution in [0.1, 0.15) is 35.8 Å².